The van der Waals surface area contributed by atoms with Crippen LogP contribution in [0.3, 0.4) is 0 Å². The monoisotopic (exact) mass is 187 g/mol. The molecule has 0 saturated carbocycles. The minimum Gasteiger partial charge on any atom is -0.370 e. The summed E-state index contributed by atoms with van der Waals surface area (Å²) in [5.41, 5.74) is 3.00. The van der Waals surface area contributed by atoms with Crippen LogP contribution in [0.2, 0.25) is 0 Å². The molecule has 0 radical (unpaired) electrons. The van der Waals surface area contributed by atoms with Crippen LogP contribution in [0.15, 0.2) is 12.3 Å². The number of rotatable bonds is 1. The minimum atomic E-state index is 0.529. The average Bonchev–Trinajstić information content (AvgIpc) is 2.27. The Hall–Kier alpha value is -1.56. The maximum absolute atomic E-state index is 8.74. The maximum atomic E-state index is 8.74. The number of hydrogen-bond donors (Lipinski definition) is 0. The summed E-state index contributed by atoms with van der Waals surface area (Å²) in [5.74, 6) is 0. The number of aromatic nitrogens is 1. The van der Waals surface area contributed by atoms with Gasteiger partial charge in [0.2, 0.25) is 0 Å². The van der Waals surface area contributed by atoms with Gasteiger partial charge in [-0.15, -0.1) is 0 Å². The van der Waals surface area contributed by atoms with E-state index in [1.807, 2.05) is 12.3 Å². The molecular formula is C11H13N3. The van der Waals surface area contributed by atoms with Crippen LogP contribution in [0.25, 0.3) is 0 Å². The Balaban J connectivity index is 2.42. The Kier molecular flexibility index (Phi) is 2.36. The Labute approximate surface area is 84.0 Å². The van der Waals surface area contributed by atoms with Gasteiger partial charge in [-0.1, -0.05) is 0 Å². The van der Waals surface area contributed by atoms with Gasteiger partial charge in [-0.2, -0.15) is 5.26 Å². The molecule has 0 fully saturated rings. The number of fused-ring (bicyclic) bond motifs is 1. The molecular weight excluding hydrogens is 174 g/mol. The lowest BCUT2D eigenvalue weighted by Crippen LogP contribution is -2.29. The number of aryl methyl sites for hydroxylation is 1. The van der Waals surface area contributed by atoms with Crippen molar-refractivity contribution in [2.75, 3.05) is 18.0 Å². The third kappa shape index (κ3) is 1.44. The SMILES string of the molecule is CCN1CCCc2cc(C#N)ncc21. The molecule has 14 heavy (non-hydrogen) atoms. The molecule has 0 aliphatic carbocycles. The second kappa shape index (κ2) is 3.67. The van der Waals surface area contributed by atoms with E-state index < -0.39 is 0 Å². The Bertz CT molecular complexity index is 379. The molecule has 0 atom stereocenters. The van der Waals surface area contributed by atoms with Crippen molar-refractivity contribution >= 4 is 5.69 Å². The highest BCUT2D eigenvalue weighted by atomic mass is 15.1. The highest BCUT2D eigenvalue weighted by Crippen LogP contribution is 2.26. The van der Waals surface area contributed by atoms with E-state index in [0.717, 1.165) is 19.5 Å². The fourth-order valence-electron chi connectivity index (χ4n) is 1.95. The largest absolute Gasteiger partial charge is 0.370 e. The lowest BCUT2D eigenvalue weighted by molar-refractivity contribution is 0.704. The van der Waals surface area contributed by atoms with Gasteiger partial charge in [0.05, 0.1) is 11.9 Å². The molecule has 0 aromatic carbocycles. The van der Waals surface area contributed by atoms with Crippen molar-refractivity contribution < 1.29 is 0 Å². The normalized spacial score (nSPS) is 14.7. The van der Waals surface area contributed by atoms with E-state index >= 15 is 0 Å². The summed E-state index contributed by atoms with van der Waals surface area (Å²) in [7, 11) is 0. The quantitative estimate of drug-likeness (QED) is 0.672. The van der Waals surface area contributed by atoms with Crippen LogP contribution in [0.5, 0.6) is 0 Å². The van der Waals surface area contributed by atoms with Crippen LogP contribution in [0.4, 0.5) is 5.69 Å². The Morgan fingerprint density at radius 3 is 3.21 bits per heavy atom. The molecule has 0 spiro atoms. The van der Waals surface area contributed by atoms with Gasteiger partial charge in [0, 0.05) is 13.1 Å². The van der Waals surface area contributed by atoms with E-state index in [1.165, 1.54) is 17.7 Å². The van der Waals surface area contributed by atoms with Gasteiger partial charge in [0.25, 0.3) is 0 Å². The first-order valence-electron chi connectivity index (χ1n) is 4.99. The molecule has 1 aliphatic heterocycles. The van der Waals surface area contributed by atoms with Crippen molar-refractivity contribution in [2.45, 2.75) is 19.8 Å². The van der Waals surface area contributed by atoms with E-state index in [2.05, 4.69) is 22.9 Å². The van der Waals surface area contributed by atoms with Crippen molar-refractivity contribution in [3.63, 3.8) is 0 Å². The highest BCUT2D eigenvalue weighted by molar-refractivity contribution is 5.55. The molecule has 0 unspecified atom stereocenters. The molecule has 0 bridgehead atoms. The van der Waals surface area contributed by atoms with Gasteiger partial charge < -0.3 is 4.90 Å². The van der Waals surface area contributed by atoms with Gasteiger partial charge in [-0.3, -0.25) is 0 Å². The van der Waals surface area contributed by atoms with Gasteiger partial charge >= 0.3 is 0 Å². The second-order valence-electron chi connectivity index (χ2n) is 3.49. The molecule has 72 valence electrons. The van der Waals surface area contributed by atoms with Crippen molar-refractivity contribution in [1.82, 2.24) is 4.98 Å². The smallest absolute Gasteiger partial charge is 0.140 e. The summed E-state index contributed by atoms with van der Waals surface area (Å²) in [6.45, 7) is 4.27. The first-order valence-corrected chi connectivity index (χ1v) is 4.99. The molecule has 3 nitrogen and oxygen atoms in total. The molecule has 0 saturated heterocycles. The summed E-state index contributed by atoms with van der Waals surface area (Å²) >= 11 is 0. The number of nitriles is 1. The van der Waals surface area contributed by atoms with Crippen LogP contribution >= 0.6 is 0 Å². The highest BCUT2D eigenvalue weighted by Gasteiger charge is 2.15. The number of anilines is 1. The van der Waals surface area contributed by atoms with E-state index in [-0.39, 0.29) is 0 Å². The molecule has 1 aromatic heterocycles. The van der Waals surface area contributed by atoms with E-state index in [1.54, 1.807) is 0 Å². The van der Waals surface area contributed by atoms with Crippen molar-refractivity contribution in [3.8, 4) is 6.07 Å². The molecule has 3 heteroatoms. The standard InChI is InChI=1S/C11H13N3/c1-2-14-5-3-4-9-6-10(7-12)13-8-11(9)14/h6,8H,2-5H2,1H3. The van der Waals surface area contributed by atoms with E-state index in [9.17, 15) is 0 Å². The molecule has 0 amide bonds. The van der Waals surface area contributed by atoms with Crippen LogP contribution in [-0.4, -0.2) is 18.1 Å². The van der Waals surface area contributed by atoms with Gasteiger partial charge in [0.15, 0.2) is 0 Å². The molecule has 2 rings (SSSR count). The van der Waals surface area contributed by atoms with Crippen LogP contribution in [0.1, 0.15) is 24.6 Å². The molecule has 2 heterocycles. The summed E-state index contributed by atoms with van der Waals surface area (Å²) in [4.78, 5) is 6.42. The predicted octanol–water partition coefficient (Wildman–Crippen LogP) is 1.73. The van der Waals surface area contributed by atoms with Gasteiger partial charge in [-0.05, 0) is 31.4 Å². The average molecular weight is 187 g/mol. The van der Waals surface area contributed by atoms with Crippen molar-refractivity contribution in [2.24, 2.45) is 0 Å². The fourth-order valence-corrected chi connectivity index (χ4v) is 1.95. The number of hydrogen-bond acceptors (Lipinski definition) is 3. The van der Waals surface area contributed by atoms with Crippen LogP contribution < -0.4 is 4.90 Å². The number of pyridine rings is 1. The predicted molar refractivity (Wildman–Crippen MR) is 55.2 cm³/mol. The minimum absolute atomic E-state index is 0.529. The lowest BCUT2D eigenvalue weighted by Gasteiger charge is -2.29. The Morgan fingerprint density at radius 1 is 1.64 bits per heavy atom. The van der Waals surface area contributed by atoms with Crippen molar-refractivity contribution in [3.05, 3.63) is 23.5 Å². The first kappa shape index (κ1) is 9.01. The molecule has 1 aliphatic rings. The topological polar surface area (TPSA) is 39.9 Å². The van der Waals surface area contributed by atoms with E-state index in [4.69, 9.17) is 5.26 Å². The van der Waals surface area contributed by atoms with E-state index in [0.29, 0.717) is 5.69 Å². The van der Waals surface area contributed by atoms with Crippen LogP contribution in [0, 0.1) is 11.3 Å². The second-order valence-corrected chi connectivity index (χ2v) is 3.49. The van der Waals surface area contributed by atoms with Crippen molar-refractivity contribution in [1.29, 1.82) is 5.26 Å². The van der Waals surface area contributed by atoms with Crippen LogP contribution in [-0.2, 0) is 6.42 Å². The van der Waals surface area contributed by atoms with Gasteiger partial charge in [0.1, 0.15) is 11.8 Å². The Morgan fingerprint density at radius 2 is 2.50 bits per heavy atom. The molecule has 1 aromatic rings. The third-order valence-corrected chi connectivity index (χ3v) is 2.68. The summed E-state index contributed by atoms with van der Waals surface area (Å²) < 4.78 is 0. The fraction of sp³-hybridized carbons (Fsp3) is 0.455. The lowest BCUT2D eigenvalue weighted by atomic mass is 10.0. The third-order valence-electron chi connectivity index (χ3n) is 2.68. The van der Waals surface area contributed by atoms with Gasteiger partial charge in [-0.25, -0.2) is 4.98 Å². The first-order chi connectivity index (χ1) is 6.85. The summed E-state index contributed by atoms with van der Waals surface area (Å²) in [6.07, 6.45) is 4.08. The zero-order valence-electron chi connectivity index (χ0n) is 8.32. The number of nitrogens with zero attached hydrogens (tertiary/aromatic N) is 3. The molecule has 0 N–H and O–H groups in total. The zero-order chi connectivity index (χ0) is 9.97. The summed E-state index contributed by atoms with van der Waals surface area (Å²) in [5, 5.41) is 8.74. The maximum Gasteiger partial charge on any atom is 0.140 e. The zero-order valence-corrected chi connectivity index (χ0v) is 8.32. The summed E-state index contributed by atoms with van der Waals surface area (Å²) in [6, 6.07) is 3.99.